The van der Waals surface area contributed by atoms with E-state index in [-0.39, 0.29) is 10.1 Å². The Labute approximate surface area is 165 Å². The molecule has 140 valence electrons. The molecule has 3 rings (SSSR count). The van der Waals surface area contributed by atoms with Crippen LogP contribution < -0.4 is 9.62 Å². The van der Waals surface area contributed by atoms with Gasteiger partial charge in [-0.05, 0) is 46.4 Å². The van der Waals surface area contributed by atoms with Gasteiger partial charge in [-0.25, -0.2) is 13.4 Å². The van der Waals surface area contributed by atoms with E-state index in [1.165, 1.54) is 6.07 Å². The van der Waals surface area contributed by atoms with Gasteiger partial charge in [0.15, 0.2) is 0 Å². The number of anilines is 1. The van der Waals surface area contributed by atoms with Gasteiger partial charge >= 0.3 is 0 Å². The maximum absolute atomic E-state index is 12.6. The Balaban J connectivity index is 1.57. The van der Waals surface area contributed by atoms with Crippen molar-refractivity contribution in [2.75, 3.05) is 31.1 Å². The van der Waals surface area contributed by atoms with Crippen molar-refractivity contribution >= 4 is 49.0 Å². The smallest absolute Gasteiger partial charge is 0.250 e. The number of piperazine rings is 1. The number of pyridine rings is 1. The lowest BCUT2D eigenvalue weighted by molar-refractivity contribution is -0.132. The summed E-state index contributed by atoms with van der Waals surface area (Å²) in [6.45, 7) is 3.95. The molecule has 1 atom stereocenters. The van der Waals surface area contributed by atoms with Crippen LogP contribution in [0.25, 0.3) is 0 Å². The highest BCUT2D eigenvalue weighted by atomic mass is 79.9. The molecule has 2 aromatic heterocycles. The molecule has 1 saturated heterocycles. The highest BCUT2D eigenvalue weighted by Gasteiger charge is 2.28. The summed E-state index contributed by atoms with van der Waals surface area (Å²) in [7, 11) is -3.66. The molecular weight excluding hydrogens is 440 g/mol. The van der Waals surface area contributed by atoms with Gasteiger partial charge in [-0.1, -0.05) is 6.07 Å². The zero-order chi connectivity index (χ0) is 18.7. The monoisotopic (exact) mass is 458 g/mol. The number of carbonyl (C=O) groups excluding carboxylic acids is 1. The average Bonchev–Trinajstić information content (AvgIpc) is 3.17. The summed E-state index contributed by atoms with van der Waals surface area (Å²) in [4.78, 5) is 20.8. The fourth-order valence-electron chi connectivity index (χ4n) is 2.74. The third-order valence-corrected chi connectivity index (χ3v) is 7.50. The highest BCUT2D eigenvalue weighted by Crippen LogP contribution is 2.18. The van der Waals surface area contributed by atoms with E-state index in [4.69, 9.17) is 0 Å². The maximum Gasteiger partial charge on any atom is 0.250 e. The molecule has 0 saturated carbocycles. The molecular formula is C16H19BrN4O3S2. The van der Waals surface area contributed by atoms with Crippen molar-refractivity contribution in [2.45, 2.75) is 17.2 Å². The van der Waals surface area contributed by atoms with E-state index in [2.05, 4.69) is 30.5 Å². The molecule has 1 aliphatic heterocycles. The Bertz CT molecular complexity index is 848. The number of sulfonamides is 1. The number of carbonyl (C=O) groups is 1. The Morgan fingerprint density at radius 1 is 1.27 bits per heavy atom. The molecule has 0 radical (unpaired) electrons. The molecule has 7 nitrogen and oxygen atoms in total. The minimum atomic E-state index is -3.66. The van der Waals surface area contributed by atoms with E-state index in [9.17, 15) is 13.2 Å². The van der Waals surface area contributed by atoms with Crippen LogP contribution in [0, 0.1) is 0 Å². The number of aromatic nitrogens is 1. The number of hydrogen-bond acceptors (Lipinski definition) is 6. The average molecular weight is 459 g/mol. The van der Waals surface area contributed by atoms with Gasteiger partial charge in [0.1, 0.15) is 10.0 Å². The van der Waals surface area contributed by atoms with Gasteiger partial charge in [-0.2, -0.15) is 4.72 Å². The van der Waals surface area contributed by atoms with Gasteiger partial charge in [0, 0.05) is 36.8 Å². The third-order valence-electron chi connectivity index (χ3n) is 4.09. The molecule has 1 unspecified atom stereocenters. The molecule has 3 heterocycles. The number of thiophene rings is 1. The summed E-state index contributed by atoms with van der Waals surface area (Å²) < 4.78 is 28.1. The fraction of sp³-hybridized carbons (Fsp3) is 0.375. The van der Waals surface area contributed by atoms with Crippen LogP contribution in [0.1, 0.15) is 6.92 Å². The van der Waals surface area contributed by atoms with Crippen molar-refractivity contribution in [1.82, 2.24) is 14.6 Å². The number of halogens is 1. The van der Waals surface area contributed by atoms with E-state index in [0.29, 0.717) is 26.2 Å². The first-order chi connectivity index (χ1) is 12.4. The van der Waals surface area contributed by atoms with Gasteiger partial charge in [0.05, 0.1) is 6.04 Å². The maximum atomic E-state index is 12.6. The lowest BCUT2D eigenvalue weighted by Gasteiger charge is -2.36. The second-order valence-electron chi connectivity index (χ2n) is 5.92. The largest absolute Gasteiger partial charge is 0.353 e. The van der Waals surface area contributed by atoms with E-state index < -0.39 is 16.1 Å². The highest BCUT2D eigenvalue weighted by molar-refractivity contribution is 9.10. The van der Waals surface area contributed by atoms with Crippen LogP contribution in [-0.2, 0) is 14.8 Å². The Morgan fingerprint density at radius 3 is 2.58 bits per heavy atom. The van der Waals surface area contributed by atoms with Crippen LogP contribution in [0.2, 0.25) is 0 Å². The molecule has 2 aromatic rings. The van der Waals surface area contributed by atoms with Gasteiger partial charge in [-0.15, -0.1) is 11.3 Å². The third kappa shape index (κ3) is 4.43. The van der Waals surface area contributed by atoms with Gasteiger partial charge in [-0.3, -0.25) is 4.79 Å². The first-order valence-electron chi connectivity index (χ1n) is 8.08. The summed E-state index contributed by atoms with van der Waals surface area (Å²) in [6.07, 6.45) is 1.74. The van der Waals surface area contributed by atoms with Crippen molar-refractivity contribution < 1.29 is 13.2 Å². The normalized spacial score (nSPS) is 16.5. The molecule has 0 aromatic carbocycles. The summed E-state index contributed by atoms with van der Waals surface area (Å²) in [5.74, 6) is 0.653. The fourth-order valence-corrected chi connectivity index (χ4v) is 5.18. The molecule has 1 N–H and O–H groups in total. The predicted octanol–water partition coefficient (Wildman–Crippen LogP) is 1.92. The van der Waals surface area contributed by atoms with E-state index in [1.54, 1.807) is 29.5 Å². The zero-order valence-corrected chi connectivity index (χ0v) is 17.3. The minimum Gasteiger partial charge on any atom is -0.353 e. The van der Waals surface area contributed by atoms with Crippen LogP contribution in [-0.4, -0.2) is 56.4 Å². The van der Waals surface area contributed by atoms with Crippen molar-refractivity contribution in [2.24, 2.45) is 0 Å². The second kappa shape index (κ2) is 8.03. The van der Waals surface area contributed by atoms with Crippen molar-refractivity contribution in [3.63, 3.8) is 0 Å². The topological polar surface area (TPSA) is 82.6 Å². The quantitative estimate of drug-likeness (QED) is 0.739. The van der Waals surface area contributed by atoms with Crippen molar-refractivity contribution in [3.8, 4) is 0 Å². The van der Waals surface area contributed by atoms with Gasteiger partial charge in [0.25, 0.3) is 10.0 Å². The second-order valence-corrected chi connectivity index (χ2v) is 9.73. The number of amides is 1. The standard InChI is InChI=1S/C16H19BrN4O3S2/c1-12(19-26(23,24)15-3-2-10-25-15)16(22)21-8-6-20(7-9-21)14-5-4-13(17)11-18-14/h2-5,10-12,19H,6-9H2,1H3. The number of nitrogens with zero attached hydrogens (tertiary/aromatic N) is 3. The Kier molecular flexibility index (Phi) is 5.96. The lowest BCUT2D eigenvalue weighted by Crippen LogP contribution is -2.54. The van der Waals surface area contributed by atoms with Crippen molar-refractivity contribution in [1.29, 1.82) is 0 Å². The Hall–Kier alpha value is -1.49. The SMILES string of the molecule is CC(NS(=O)(=O)c1cccs1)C(=O)N1CCN(c2ccc(Br)cn2)CC1. The van der Waals surface area contributed by atoms with Crippen LogP contribution >= 0.6 is 27.3 Å². The molecule has 0 aliphatic carbocycles. The number of rotatable bonds is 5. The number of hydrogen-bond donors (Lipinski definition) is 1. The van der Waals surface area contributed by atoms with Crippen LogP contribution in [0.4, 0.5) is 5.82 Å². The molecule has 1 amide bonds. The van der Waals surface area contributed by atoms with E-state index in [1.807, 2.05) is 12.1 Å². The first-order valence-corrected chi connectivity index (χ1v) is 11.2. The molecule has 0 spiro atoms. The first kappa shape index (κ1) is 19.3. The minimum absolute atomic E-state index is 0.211. The van der Waals surface area contributed by atoms with Crippen LogP contribution in [0.5, 0.6) is 0 Å². The van der Waals surface area contributed by atoms with Crippen LogP contribution in [0.3, 0.4) is 0 Å². The molecule has 1 aliphatic rings. The summed E-state index contributed by atoms with van der Waals surface area (Å²) >= 11 is 4.49. The molecule has 0 bridgehead atoms. The summed E-state index contributed by atoms with van der Waals surface area (Å²) in [5, 5.41) is 1.69. The Morgan fingerprint density at radius 2 is 2.00 bits per heavy atom. The molecule has 26 heavy (non-hydrogen) atoms. The van der Waals surface area contributed by atoms with E-state index >= 15 is 0 Å². The van der Waals surface area contributed by atoms with Gasteiger partial charge in [0.2, 0.25) is 5.91 Å². The van der Waals surface area contributed by atoms with Gasteiger partial charge < -0.3 is 9.80 Å². The molecule has 1 fully saturated rings. The lowest BCUT2D eigenvalue weighted by atomic mass is 10.2. The zero-order valence-electron chi connectivity index (χ0n) is 14.1. The number of nitrogens with one attached hydrogen (secondary N) is 1. The van der Waals surface area contributed by atoms with Crippen molar-refractivity contribution in [3.05, 3.63) is 40.3 Å². The summed E-state index contributed by atoms with van der Waals surface area (Å²) in [5.41, 5.74) is 0. The predicted molar refractivity (Wildman–Crippen MR) is 105 cm³/mol. The van der Waals surface area contributed by atoms with E-state index in [0.717, 1.165) is 21.6 Å². The van der Waals surface area contributed by atoms with Crippen LogP contribution in [0.15, 0.2) is 44.5 Å². The summed E-state index contributed by atoms with van der Waals surface area (Å²) in [6, 6.07) is 6.25. The molecule has 10 heteroatoms.